The van der Waals surface area contributed by atoms with Crippen LogP contribution in [0.4, 0.5) is 0 Å². The number of hydrogen-bond donors (Lipinski definition) is 2. The van der Waals surface area contributed by atoms with Crippen molar-refractivity contribution in [3.63, 3.8) is 0 Å². The van der Waals surface area contributed by atoms with Crippen LogP contribution in [0.5, 0.6) is 0 Å². The van der Waals surface area contributed by atoms with E-state index >= 15 is 0 Å². The van der Waals surface area contributed by atoms with Gasteiger partial charge in [-0.15, -0.1) is 10.1 Å². The second-order valence-electron chi connectivity index (χ2n) is 1.02. The molecule has 0 aliphatic rings. The van der Waals surface area contributed by atoms with Gasteiger partial charge in [0.2, 0.25) is 0 Å². The smallest absolute Gasteiger partial charge is 0.291 e. The molecule has 0 aliphatic carbocycles. The van der Waals surface area contributed by atoms with Crippen molar-refractivity contribution in [2.45, 2.75) is 0 Å². The summed E-state index contributed by atoms with van der Waals surface area (Å²) in [5, 5.41) is 13.6. The van der Waals surface area contributed by atoms with Crippen molar-refractivity contribution in [3.05, 3.63) is 10.1 Å². The molecule has 0 heterocycles. The van der Waals surface area contributed by atoms with Gasteiger partial charge in [-0.1, -0.05) is 0 Å². The standard InChI is InChI=1S/C3H9NO.HNO3/c1-5-3-2-4;2-1(3)4/h2-4H2,1H3;(H,2,3,4). The van der Waals surface area contributed by atoms with Crippen LogP contribution in [0.3, 0.4) is 0 Å². The number of methoxy groups -OCH3 is 1. The highest BCUT2D eigenvalue weighted by atomic mass is 16.9. The van der Waals surface area contributed by atoms with E-state index in [1.807, 2.05) is 0 Å². The summed E-state index contributed by atoms with van der Waals surface area (Å²) in [5.41, 5.74) is 5.01. The van der Waals surface area contributed by atoms with Crippen LogP contribution in [-0.2, 0) is 4.74 Å². The molecule has 0 radical (unpaired) electrons. The minimum atomic E-state index is -1.50. The van der Waals surface area contributed by atoms with Crippen LogP contribution in [0.1, 0.15) is 0 Å². The molecule has 0 aromatic carbocycles. The quantitative estimate of drug-likeness (QED) is 0.386. The van der Waals surface area contributed by atoms with Gasteiger partial charge in [0.25, 0.3) is 5.09 Å². The van der Waals surface area contributed by atoms with Crippen molar-refractivity contribution in [3.8, 4) is 0 Å². The molecule has 0 aromatic heterocycles. The fraction of sp³-hybridized carbons (Fsp3) is 1.00. The number of nitrogens with two attached hydrogens (primary N) is 1. The topological polar surface area (TPSA) is 98.6 Å². The van der Waals surface area contributed by atoms with Crippen molar-refractivity contribution in [2.75, 3.05) is 20.3 Å². The maximum absolute atomic E-state index is 8.36. The molecule has 6 heteroatoms. The second-order valence-corrected chi connectivity index (χ2v) is 1.02. The van der Waals surface area contributed by atoms with Gasteiger partial charge in [0.15, 0.2) is 0 Å². The highest BCUT2D eigenvalue weighted by Gasteiger charge is 1.66. The summed E-state index contributed by atoms with van der Waals surface area (Å²) in [6.45, 7) is 1.29. The predicted octanol–water partition coefficient (Wildman–Crippen LogP) is -0.756. The first-order valence-corrected chi connectivity index (χ1v) is 2.17. The molecule has 0 bridgehead atoms. The fourth-order valence-corrected chi connectivity index (χ4v) is 0.118. The SMILES string of the molecule is COCCN.O=[N+]([O-])O. The van der Waals surface area contributed by atoms with Crippen molar-refractivity contribution < 1.29 is 15.0 Å². The van der Waals surface area contributed by atoms with Gasteiger partial charge in [0.1, 0.15) is 0 Å². The molecule has 0 atom stereocenters. The van der Waals surface area contributed by atoms with Gasteiger partial charge in [-0.3, -0.25) is 0 Å². The van der Waals surface area contributed by atoms with E-state index in [9.17, 15) is 0 Å². The van der Waals surface area contributed by atoms with Crippen LogP contribution in [0.15, 0.2) is 0 Å². The van der Waals surface area contributed by atoms with Crippen LogP contribution in [-0.4, -0.2) is 30.6 Å². The molecule has 0 fully saturated rings. The average Bonchev–Trinajstić information content (AvgIpc) is 1.66. The first-order chi connectivity index (χ1) is 4.15. The molecule has 0 aliphatic heterocycles. The Morgan fingerprint density at radius 2 is 2.22 bits per heavy atom. The Labute approximate surface area is 52.3 Å². The van der Waals surface area contributed by atoms with Crippen LogP contribution >= 0.6 is 0 Å². The summed E-state index contributed by atoms with van der Waals surface area (Å²) >= 11 is 0. The summed E-state index contributed by atoms with van der Waals surface area (Å²) in [4.78, 5) is 8.36. The number of nitrogens with zero attached hydrogens (tertiary/aromatic N) is 1. The van der Waals surface area contributed by atoms with E-state index in [1.54, 1.807) is 7.11 Å². The lowest BCUT2D eigenvalue weighted by Crippen LogP contribution is -2.05. The third-order valence-electron chi connectivity index (χ3n) is 0.322. The van der Waals surface area contributed by atoms with Crippen LogP contribution in [0.25, 0.3) is 0 Å². The molecule has 0 amide bonds. The van der Waals surface area contributed by atoms with Crippen molar-refractivity contribution >= 4 is 0 Å². The zero-order valence-corrected chi connectivity index (χ0v) is 5.11. The first kappa shape index (κ1) is 11.0. The van der Waals surface area contributed by atoms with E-state index < -0.39 is 5.09 Å². The molecule has 0 rings (SSSR count). The van der Waals surface area contributed by atoms with Gasteiger partial charge >= 0.3 is 0 Å². The summed E-state index contributed by atoms with van der Waals surface area (Å²) in [7, 11) is 1.63. The molecule has 0 saturated heterocycles. The molecule has 9 heavy (non-hydrogen) atoms. The molecular weight excluding hydrogens is 128 g/mol. The lowest BCUT2D eigenvalue weighted by atomic mass is 10.7. The largest absolute Gasteiger partial charge is 0.383 e. The van der Waals surface area contributed by atoms with Gasteiger partial charge in [-0.25, -0.2) is 0 Å². The van der Waals surface area contributed by atoms with Crippen molar-refractivity contribution in [2.24, 2.45) is 5.73 Å². The van der Waals surface area contributed by atoms with E-state index in [0.29, 0.717) is 13.2 Å². The highest BCUT2D eigenvalue weighted by Crippen LogP contribution is 1.53. The predicted molar refractivity (Wildman–Crippen MR) is 29.7 cm³/mol. The van der Waals surface area contributed by atoms with Gasteiger partial charge in [0, 0.05) is 13.7 Å². The summed E-state index contributed by atoms with van der Waals surface area (Å²) in [6, 6.07) is 0. The highest BCUT2D eigenvalue weighted by molar-refractivity contribution is 4.22. The maximum Gasteiger partial charge on any atom is 0.291 e. The Hall–Kier alpha value is -0.880. The second kappa shape index (κ2) is 10.2. The number of rotatable bonds is 2. The Morgan fingerprint density at radius 3 is 2.22 bits per heavy atom. The van der Waals surface area contributed by atoms with Gasteiger partial charge in [0.05, 0.1) is 6.61 Å². The van der Waals surface area contributed by atoms with E-state index in [2.05, 4.69) is 4.74 Å². The van der Waals surface area contributed by atoms with Crippen molar-refractivity contribution in [1.29, 1.82) is 0 Å². The summed E-state index contributed by atoms with van der Waals surface area (Å²) in [6.07, 6.45) is 0. The normalized spacial score (nSPS) is 7.33. The fourth-order valence-electron chi connectivity index (χ4n) is 0.118. The Bertz CT molecular complexity index is 60.8. The van der Waals surface area contributed by atoms with E-state index in [4.69, 9.17) is 21.1 Å². The minimum absolute atomic E-state index is 0.622. The molecule has 6 nitrogen and oxygen atoms in total. The van der Waals surface area contributed by atoms with Gasteiger partial charge < -0.3 is 15.7 Å². The third kappa shape index (κ3) is 149. The zero-order valence-electron chi connectivity index (χ0n) is 5.11. The Balaban J connectivity index is 0. The Morgan fingerprint density at radius 1 is 1.89 bits per heavy atom. The summed E-state index contributed by atoms with van der Waals surface area (Å²) in [5.74, 6) is 0. The van der Waals surface area contributed by atoms with Crippen LogP contribution in [0.2, 0.25) is 0 Å². The lowest BCUT2D eigenvalue weighted by Gasteiger charge is -1.85. The molecular formula is C3H10N2O4. The lowest BCUT2D eigenvalue weighted by molar-refractivity contribution is -0.742. The minimum Gasteiger partial charge on any atom is -0.383 e. The zero-order chi connectivity index (χ0) is 7.70. The number of ether oxygens (including phenoxy) is 1. The first-order valence-electron chi connectivity index (χ1n) is 2.17. The molecule has 56 valence electrons. The Kier molecular flexibility index (Phi) is 12.4. The molecule has 3 N–H and O–H groups in total. The maximum atomic E-state index is 8.36. The van der Waals surface area contributed by atoms with E-state index in [0.717, 1.165) is 0 Å². The van der Waals surface area contributed by atoms with Gasteiger partial charge in [-0.05, 0) is 0 Å². The summed E-state index contributed by atoms with van der Waals surface area (Å²) < 4.78 is 4.57. The molecule has 0 saturated carbocycles. The van der Waals surface area contributed by atoms with Crippen LogP contribution < -0.4 is 5.73 Å². The van der Waals surface area contributed by atoms with Crippen molar-refractivity contribution in [1.82, 2.24) is 0 Å². The average molecular weight is 138 g/mol. The monoisotopic (exact) mass is 138 g/mol. The molecule has 0 unspecified atom stereocenters. The number of hydrogen-bond acceptors (Lipinski definition) is 4. The molecule has 0 spiro atoms. The molecule has 0 aromatic rings. The third-order valence-corrected chi connectivity index (χ3v) is 0.322. The van der Waals surface area contributed by atoms with E-state index in [1.165, 1.54) is 0 Å². The van der Waals surface area contributed by atoms with E-state index in [-0.39, 0.29) is 0 Å². The van der Waals surface area contributed by atoms with Gasteiger partial charge in [-0.2, -0.15) is 0 Å². The van der Waals surface area contributed by atoms with Crippen LogP contribution in [0, 0.1) is 10.1 Å².